The molecular weight excluding hydrogens is 384 g/mol. The first-order valence-electron chi connectivity index (χ1n) is 7.41. The Morgan fingerprint density at radius 1 is 1.23 bits per heavy atom. The van der Waals surface area contributed by atoms with Gasteiger partial charge in [0.25, 0.3) is 0 Å². The van der Waals surface area contributed by atoms with Crippen LogP contribution in [-0.2, 0) is 4.79 Å². The van der Waals surface area contributed by atoms with Crippen molar-refractivity contribution in [2.45, 2.75) is 17.3 Å². The van der Waals surface area contributed by atoms with E-state index in [4.69, 9.17) is 11.6 Å². The molecule has 0 aliphatic carbocycles. The van der Waals surface area contributed by atoms with Crippen molar-refractivity contribution in [3.8, 4) is 5.69 Å². The molecule has 0 unspecified atom stereocenters. The lowest BCUT2D eigenvalue weighted by Gasteiger charge is -2.12. The fourth-order valence-corrected chi connectivity index (χ4v) is 3.08. The Labute approximate surface area is 156 Å². The van der Waals surface area contributed by atoms with Crippen LogP contribution < -0.4 is 5.32 Å². The highest BCUT2D eigenvalue weighted by Gasteiger charge is 2.20. The van der Waals surface area contributed by atoms with Gasteiger partial charge in [0.05, 0.1) is 21.6 Å². The van der Waals surface area contributed by atoms with Crippen molar-refractivity contribution in [3.63, 3.8) is 0 Å². The molecule has 1 heterocycles. The number of thioether (sulfide) groups is 1. The van der Waals surface area contributed by atoms with Crippen LogP contribution in [0.4, 0.5) is 14.5 Å². The van der Waals surface area contributed by atoms with E-state index in [1.54, 1.807) is 13.0 Å². The minimum absolute atomic E-state index is 0.0974. The third-order valence-corrected chi connectivity index (χ3v) is 4.68. The highest BCUT2D eigenvalue weighted by Crippen LogP contribution is 2.26. The van der Waals surface area contributed by atoms with Gasteiger partial charge in [0.15, 0.2) is 0 Å². The molecule has 2 aromatic carbocycles. The van der Waals surface area contributed by atoms with Gasteiger partial charge in [-0.1, -0.05) is 29.4 Å². The summed E-state index contributed by atoms with van der Waals surface area (Å²) in [4.78, 5) is 12.4. The lowest BCUT2D eigenvalue weighted by atomic mass is 10.3. The quantitative estimate of drug-likeness (QED) is 0.667. The van der Waals surface area contributed by atoms with Crippen LogP contribution in [0.5, 0.6) is 0 Å². The molecule has 0 saturated carbocycles. The molecule has 10 heteroatoms. The smallest absolute Gasteiger partial charge is 0.237 e. The Bertz CT molecular complexity index is 952. The van der Waals surface area contributed by atoms with Crippen LogP contribution in [0.3, 0.4) is 0 Å². The van der Waals surface area contributed by atoms with Crippen LogP contribution in [-0.4, -0.2) is 31.4 Å². The maximum absolute atomic E-state index is 13.4. The number of nitrogens with one attached hydrogen (secondary N) is 1. The number of halogens is 3. The number of carbonyl (C=O) groups excluding carboxylic acids is 1. The van der Waals surface area contributed by atoms with E-state index < -0.39 is 16.9 Å². The first kappa shape index (κ1) is 18.3. The van der Waals surface area contributed by atoms with Gasteiger partial charge in [0.1, 0.15) is 11.6 Å². The predicted molar refractivity (Wildman–Crippen MR) is 94.5 cm³/mol. The number of aromatic nitrogens is 4. The third-order valence-electron chi connectivity index (χ3n) is 3.33. The number of amides is 1. The van der Waals surface area contributed by atoms with Crippen molar-refractivity contribution < 1.29 is 13.6 Å². The number of hydrogen-bond acceptors (Lipinski definition) is 5. The van der Waals surface area contributed by atoms with Gasteiger partial charge in [-0.2, -0.15) is 4.68 Å². The van der Waals surface area contributed by atoms with Crippen LogP contribution in [0.25, 0.3) is 5.69 Å². The van der Waals surface area contributed by atoms with Gasteiger partial charge < -0.3 is 5.32 Å². The van der Waals surface area contributed by atoms with Gasteiger partial charge in [-0.05, 0) is 53.7 Å². The molecule has 0 saturated heterocycles. The lowest BCUT2D eigenvalue weighted by molar-refractivity contribution is -0.115. The van der Waals surface area contributed by atoms with E-state index >= 15 is 0 Å². The second-order valence-electron chi connectivity index (χ2n) is 5.23. The standard InChI is InChI=1S/C16H12ClF2N5OS/c1-9(15(25)20-14-6-5-11(19)8-13(14)17)26-16-21-22-23-24(16)12-4-2-3-10(18)7-12/h2-9H,1H3,(H,20,25)/t9-/m1/s1. The Morgan fingerprint density at radius 2 is 2.00 bits per heavy atom. The van der Waals surface area contributed by atoms with Gasteiger partial charge in [-0.25, -0.2) is 8.78 Å². The van der Waals surface area contributed by atoms with E-state index in [2.05, 4.69) is 20.8 Å². The average molecular weight is 396 g/mol. The predicted octanol–water partition coefficient (Wildman–Crippen LogP) is 3.71. The number of nitrogens with zero attached hydrogens (tertiary/aromatic N) is 4. The number of rotatable bonds is 5. The minimum atomic E-state index is -0.588. The van der Waals surface area contributed by atoms with Crippen LogP contribution in [0, 0.1) is 11.6 Å². The zero-order valence-corrected chi connectivity index (χ0v) is 14.9. The van der Waals surface area contributed by atoms with Gasteiger partial charge in [0, 0.05) is 0 Å². The second kappa shape index (κ2) is 7.79. The van der Waals surface area contributed by atoms with Crippen molar-refractivity contribution >= 4 is 35.0 Å². The minimum Gasteiger partial charge on any atom is -0.324 e. The molecule has 6 nitrogen and oxygen atoms in total. The Hall–Kier alpha value is -2.52. The summed E-state index contributed by atoms with van der Waals surface area (Å²) >= 11 is 7.00. The summed E-state index contributed by atoms with van der Waals surface area (Å²) in [7, 11) is 0. The highest BCUT2D eigenvalue weighted by molar-refractivity contribution is 8.00. The van der Waals surface area contributed by atoms with Crippen LogP contribution in [0.1, 0.15) is 6.92 Å². The van der Waals surface area contributed by atoms with Gasteiger partial charge in [0.2, 0.25) is 11.1 Å². The van der Waals surface area contributed by atoms with Gasteiger partial charge in [-0.3, -0.25) is 4.79 Å². The average Bonchev–Trinajstić information content (AvgIpc) is 3.05. The molecule has 1 amide bonds. The summed E-state index contributed by atoms with van der Waals surface area (Å²) in [5.41, 5.74) is 0.738. The fraction of sp³-hybridized carbons (Fsp3) is 0.125. The molecule has 3 rings (SSSR count). The molecule has 134 valence electrons. The number of hydrogen-bond donors (Lipinski definition) is 1. The molecule has 1 aromatic heterocycles. The highest BCUT2D eigenvalue weighted by atomic mass is 35.5. The van der Waals surface area contributed by atoms with E-state index in [0.29, 0.717) is 16.5 Å². The normalized spacial score (nSPS) is 12.0. The van der Waals surface area contributed by atoms with Crippen LogP contribution >= 0.6 is 23.4 Å². The SMILES string of the molecule is C[C@@H](Sc1nnnn1-c1cccc(F)c1)C(=O)Nc1ccc(F)cc1Cl. The molecule has 0 fully saturated rings. The van der Waals surface area contributed by atoms with E-state index in [9.17, 15) is 13.6 Å². The summed E-state index contributed by atoms with van der Waals surface area (Å²) in [6.45, 7) is 1.65. The molecule has 0 aliphatic heterocycles. The van der Waals surface area contributed by atoms with E-state index in [1.807, 2.05) is 0 Å². The number of tetrazole rings is 1. The topological polar surface area (TPSA) is 72.7 Å². The summed E-state index contributed by atoms with van der Waals surface area (Å²) in [5.74, 6) is -1.28. The Morgan fingerprint density at radius 3 is 2.73 bits per heavy atom. The summed E-state index contributed by atoms with van der Waals surface area (Å²) < 4.78 is 27.8. The molecule has 0 bridgehead atoms. The van der Waals surface area contributed by atoms with Crippen molar-refractivity contribution in [1.82, 2.24) is 20.2 Å². The first-order valence-corrected chi connectivity index (χ1v) is 8.66. The Kier molecular flexibility index (Phi) is 5.48. The van der Waals surface area contributed by atoms with Crippen molar-refractivity contribution in [1.29, 1.82) is 0 Å². The zero-order valence-electron chi connectivity index (χ0n) is 13.4. The van der Waals surface area contributed by atoms with Crippen molar-refractivity contribution in [2.75, 3.05) is 5.32 Å². The molecular formula is C16H12ClF2N5OS. The molecule has 1 N–H and O–H groups in total. The van der Waals surface area contributed by atoms with Crippen molar-refractivity contribution in [2.24, 2.45) is 0 Å². The van der Waals surface area contributed by atoms with Gasteiger partial charge >= 0.3 is 0 Å². The van der Waals surface area contributed by atoms with Gasteiger partial charge in [-0.15, -0.1) is 5.10 Å². The number of carbonyl (C=O) groups is 1. The molecule has 3 aromatic rings. The molecule has 26 heavy (non-hydrogen) atoms. The summed E-state index contributed by atoms with van der Waals surface area (Å²) in [6.07, 6.45) is 0. The fourth-order valence-electron chi connectivity index (χ4n) is 2.06. The molecule has 1 atom stereocenters. The van der Waals surface area contributed by atoms with Crippen LogP contribution in [0.15, 0.2) is 47.6 Å². The molecule has 0 aliphatic rings. The zero-order chi connectivity index (χ0) is 18.7. The lowest BCUT2D eigenvalue weighted by Crippen LogP contribution is -2.23. The van der Waals surface area contributed by atoms with E-state index in [1.165, 1.54) is 35.0 Å². The molecule has 0 spiro atoms. The number of anilines is 1. The first-order chi connectivity index (χ1) is 12.4. The van der Waals surface area contributed by atoms with Crippen LogP contribution in [0.2, 0.25) is 5.02 Å². The van der Waals surface area contributed by atoms with Crippen molar-refractivity contribution in [3.05, 3.63) is 59.1 Å². The second-order valence-corrected chi connectivity index (χ2v) is 6.94. The summed E-state index contributed by atoms with van der Waals surface area (Å²) in [6, 6.07) is 9.46. The van der Waals surface area contributed by atoms with E-state index in [0.717, 1.165) is 17.8 Å². The largest absolute Gasteiger partial charge is 0.324 e. The maximum atomic E-state index is 13.4. The van der Waals surface area contributed by atoms with E-state index in [-0.39, 0.29) is 10.9 Å². The summed E-state index contributed by atoms with van der Waals surface area (Å²) in [5, 5.41) is 13.7. The maximum Gasteiger partial charge on any atom is 0.237 e. The Balaban J connectivity index is 1.73. The monoisotopic (exact) mass is 395 g/mol. The third kappa shape index (κ3) is 4.17. The molecule has 0 radical (unpaired) electrons. The number of benzene rings is 2.